The van der Waals surface area contributed by atoms with Crippen molar-refractivity contribution < 1.29 is 5.11 Å². The molecular formula is C23H32N4O. The highest BCUT2D eigenvalue weighted by atomic mass is 16.3. The van der Waals surface area contributed by atoms with Crippen LogP contribution in [-0.4, -0.2) is 44.2 Å². The second-order valence-corrected chi connectivity index (χ2v) is 9.15. The Morgan fingerprint density at radius 1 is 1.00 bits per heavy atom. The molecule has 3 atom stereocenters. The molecule has 1 N–H and O–H groups in total. The van der Waals surface area contributed by atoms with Crippen molar-refractivity contribution in [3.8, 4) is 0 Å². The third kappa shape index (κ3) is 3.87. The van der Waals surface area contributed by atoms with Gasteiger partial charge in [0, 0.05) is 31.2 Å². The lowest BCUT2D eigenvalue weighted by atomic mass is 9.85. The van der Waals surface area contributed by atoms with Gasteiger partial charge in [-0.2, -0.15) is 0 Å². The van der Waals surface area contributed by atoms with Crippen LogP contribution >= 0.6 is 0 Å². The van der Waals surface area contributed by atoms with Gasteiger partial charge in [0.25, 0.3) is 0 Å². The average molecular weight is 381 g/mol. The van der Waals surface area contributed by atoms with E-state index < -0.39 is 6.10 Å². The highest BCUT2D eigenvalue weighted by Crippen LogP contribution is 2.41. The van der Waals surface area contributed by atoms with Crippen LogP contribution in [0, 0.1) is 5.92 Å². The molecule has 3 fully saturated rings. The molecule has 2 aromatic rings. The van der Waals surface area contributed by atoms with Crippen molar-refractivity contribution in [3.63, 3.8) is 0 Å². The summed E-state index contributed by atoms with van der Waals surface area (Å²) in [6.07, 6.45) is 11.8. The molecule has 5 heteroatoms. The summed E-state index contributed by atoms with van der Waals surface area (Å²) in [6.45, 7) is 1.83. The lowest BCUT2D eigenvalue weighted by Crippen LogP contribution is -2.48. The molecule has 2 saturated carbocycles. The van der Waals surface area contributed by atoms with Crippen LogP contribution in [0.1, 0.15) is 80.6 Å². The Hall–Kier alpha value is -1.72. The van der Waals surface area contributed by atoms with Crippen molar-refractivity contribution in [2.75, 3.05) is 13.1 Å². The van der Waals surface area contributed by atoms with E-state index in [1.165, 1.54) is 50.5 Å². The van der Waals surface area contributed by atoms with E-state index in [1.54, 1.807) is 0 Å². The molecule has 5 rings (SSSR count). The minimum atomic E-state index is -0.391. The van der Waals surface area contributed by atoms with Gasteiger partial charge in [-0.25, -0.2) is 4.68 Å². The molecule has 0 unspecified atom stereocenters. The topological polar surface area (TPSA) is 54.2 Å². The van der Waals surface area contributed by atoms with Crippen molar-refractivity contribution in [1.82, 2.24) is 19.9 Å². The number of nitrogens with zero attached hydrogens (tertiary/aromatic N) is 4. The van der Waals surface area contributed by atoms with Gasteiger partial charge in [0.2, 0.25) is 0 Å². The molecule has 0 spiro atoms. The molecule has 150 valence electrons. The monoisotopic (exact) mass is 380 g/mol. The van der Waals surface area contributed by atoms with E-state index in [-0.39, 0.29) is 6.04 Å². The zero-order valence-electron chi connectivity index (χ0n) is 16.7. The Kier molecular flexibility index (Phi) is 5.20. The Labute approximate surface area is 167 Å². The Balaban J connectivity index is 1.37. The molecule has 28 heavy (non-hydrogen) atoms. The van der Waals surface area contributed by atoms with E-state index in [0.717, 1.165) is 31.1 Å². The number of aromatic nitrogens is 3. The number of hydrogen-bond donors (Lipinski definition) is 1. The summed E-state index contributed by atoms with van der Waals surface area (Å²) < 4.78 is 1.95. The first-order valence-corrected chi connectivity index (χ1v) is 11.2. The first-order chi connectivity index (χ1) is 13.8. The van der Waals surface area contributed by atoms with Gasteiger partial charge >= 0.3 is 0 Å². The van der Waals surface area contributed by atoms with Crippen molar-refractivity contribution in [3.05, 3.63) is 47.8 Å². The number of aliphatic hydroxyl groups excluding tert-OH is 1. The molecule has 0 amide bonds. The van der Waals surface area contributed by atoms with Crippen LogP contribution in [0.4, 0.5) is 0 Å². The van der Waals surface area contributed by atoms with E-state index in [2.05, 4.69) is 51.7 Å². The van der Waals surface area contributed by atoms with E-state index in [9.17, 15) is 5.11 Å². The standard InChI is InChI=1S/C23H32N4O/c28-23-16-26(14-17-7-3-1-4-8-17)21(19-9-5-2-6-10-19)13-22(23)27-15-20(24-25-27)18-11-12-18/h2,5-6,9-10,15,17-18,21-23,28H,1,3-4,7-8,11-14,16H2/t21-,22-,23+/m1/s1. The van der Waals surface area contributed by atoms with Crippen LogP contribution in [0.25, 0.3) is 0 Å². The van der Waals surface area contributed by atoms with Crippen LogP contribution in [0.5, 0.6) is 0 Å². The normalized spacial score (nSPS) is 29.8. The van der Waals surface area contributed by atoms with Crippen molar-refractivity contribution >= 4 is 0 Å². The Morgan fingerprint density at radius 2 is 1.79 bits per heavy atom. The van der Waals surface area contributed by atoms with Crippen molar-refractivity contribution in [2.45, 2.75) is 75.5 Å². The summed E-state index contributed by atoms with van der Waals surface area (Å²) in [4.78, 5) is 2.55. The number of benzene rings is 1. The summed E-state index contributed by atoms with van der Waals surface area (Å²) in [7, 11) is 0. The van der Waals surface area contributed by atoms with Gasteiger partial charge in [-0.3, -0.25) is 4.90 Å². The number of aliphatic hydroxyl groups is 1. The van der Waals surface area contributed by atoms with Gasteiger partial charge < -0.3 is 5.11 Å². The first kappa shape index (κ1) is 18.3. The molecular weight excluding hydrogens is 348 g/mol. The van der Waals surface area contributed by atoms with Crippen LogP contribution in [0.15, 0.2) is 36.5 Å². The molecule has 1 saturated heterocycles. The smallest absolute Gasteiger partial charge is 0.0892 e. The van der Waals surface area contributed by atoms with Crippen molar-refractivity contribution in [2.24, 2.45) is 5.92 Å². The molecule has 2 heterocycles. The predicted molar refractivity (Wildman–Crippen MR) is 109 cm³/mol. The van der Waals surface area contributed by atoms with Crippen LogP contribution < -0.4 is 0 Å². The van der Waals surface area contributed by atoms with Crippen molar-refractivity contribution in [1.29, 1.82) is 0 Å². The largest absolute Gasteiger partial charge is 0.390 e. The number of rotatable bonds is 5. The van der Waals surface area contributed by atoms with E-state index in [1.807, 2.05) is 4.68 Å². The van der Waals surface area contributed by atoms with Crippen LogP contribution in [0.3, 0.4) is 0 Å². The summed E-state index contributed by atoms with van der Waals surface area (Å²) in [5, 5.41) is 19.8. The second kappa shape index (κ2) is 7.96. The summed E-state index contributed by atoms with van der Waals surface area (Å²) in [5.41, 5.74) is 2.46. The first-order valence-electron chi connectivity index (χ1n) is 11.2. The molecule has 5 nitrogen and oxygen atoms in total. The number of piperidine rings is 1. The van der Waals surface area contributed by atoms with Gasteiger partial charge in [-0.05, 0) is 43.6 Å². The molecule has 3 aliphatic rings. The van der Waals surface area contributed by atoms with Crippen LogP contribution in [0.2, 0.25) is 0 Å². The lowest BCUT2D eigenvalue weighted by Gasteiger charge is -2.44. The van der Waals surface area contributed by atoms with Gasteiger partial charge in [-0.1, -0.05) is 54.8 Å². The minimum absolute atomic E-state index is 0.00723. The quantitative estimate of drug-likeness (QED) is 0.849. The molecule has 0 bridgehead atoms. The zero-order valence-corrected chi connectivity index (χ0v) is 16.7. The molecule has 2 aliphatic carbocycles. The molecule has 1 aliphatic heterocycles. The summed E-state index contributed by atoms with van der Waals surface area (Å²) in [6, 6.07) is 11.2. The number of β-amino-alcohol motifs (C(OH)–C–C–N with tert-alkyl or cyclic N) is 1. The minimum Gasteiger partial charge on any atom is -0.390 e. The lowest BCUT2D eigenvalue weighted by molar-refractivity contribution is -0.0181. The maximum atomic E-state index is 11.0. The second-order valence-electron chi connectivity index (χ2n) is 9.15. The van der Waals surface area contributed by atoms with Crippen LogP contribution in [-0.2, 0) is 0 Å². The fourth-order valence-corrected chi connectivity index (χ4v) is 5.25. The highest BCUT2D eigenvalue weighted by Gasteiger charge is 2.38. The fraction of sp³-hybridized carbons (Fsp3) is 0.652. The maximum absolute atomic E-state index is 11.0. The average Bonchev–Trinajstić information content (AvgIpc) is 3.47. The van der Waals surface area contributed by atoms with E-state index in [0.29, 0.717) is 12.0 Å². The maximum Gasteiger partial charge on any atom is 0.0892 e. The van der Waals surface area contributed by atoms with Gasteiger partial charge in [0.15, 0.2) is 0 Å². The fourth-order valence-electron chi connectivity index (χ4n) is 5.25. The SMILES string of the molecule is O[C@H]1CN(CC2CCCCC2)[C@@H](c2ccccc2)C[C@H]1n1cc(C2CC2)nn1. The van der Waals surface area contributed by atoms with Gasteiger partial charge in [-0.15, -0.1) is 5.10 Å². The summed E-state index contributed by atoms with van der Waals surface area (Å²) in [5.74, 6) is 1.37. The Bertz CT molecular complexity index is 766. The van der Waals surface area contributed by atoms with E-state index >= 15 is 0 Å². The molecule has 1 aromatic heterocycles. The summed E-state index contributed by atoms with van der Waals surface area (Å²) >= 11 is 0. The third-order valence-electron chi connectivity index (χ3n) is 7.04. The highest BCUT2D eigenvalue weighted by molar-refractivity contribution is 5.20. The third-order valence-corrected chi connectivity index (χ3v) is 7.04. The Morgan fingerprint density at radius 3 is 2.54 bits per heavy atom. The van der Waals surface area contributed by atoms with Gasteiger partial charge in [0.05, 0.1) is 17.8 Å². The zero-order chi connectivity index (χ0) is 18.9. The number of likely N-dealkylation sites (tertiary alicyclic amines) is 1. The predicted octanol–water partition coefficient (Wildman–Crippen LogP) is 4.08. The molecule has 0 radical (unpaired) electrons. The molecule has 1 aromatic carbocycles. The number of hydrogen-bond acceptors (Lipinski definition) is 4. The van der Waals surface area contributed by atoms with E-state index in [4.69, 9.17) is 0 Å². The van der Waals surface area contributed by atoms with Gasteiger partial charge in [0.1, 0.15) is 0 Å².